The zero-order valence-corrected chi connectivity index (χ0v) is 17.3. The van der Waals surface area contributed by atoms with Crippen LogP contribution in [0, 0.1) is 0 Å². The molecule has 3 rings (SSSR count). The van der Waals surface area contributed by atoms with Gasteiger partial charge in [0.05, 0.1) is 11.1 Å². The summed E-state index contributed by atoms with van der Waals surface area (Å²) in [6.45, 7) is 2.50. The first-order valence-corrected chi connectivity index (χ1v) is 9.51. The molecule has 12 nitrogen and oxygen atoms in total. The molecular weight excluding hydrogens is 430 g/mol. The Hall–Kier alpha value is -3.35. The van der Waals surface area contributed by atoms with Gasteiger partial charge in [0.25, 0.3) is 11.8 Å². The third kappa shape index (κ3) is 4.33. The molecule has 1 saturated heterocycles. The largest absolute Gasteiger partial charge is 0.463 e. The fourth-order valence-electron chi connectivity index (χ4n) is 3.73. The lowest BCUT2D eigenvalue weighted by molar-refractivity contribution is -0.417. The number of nitrogens with zero attached hydrogens (tertiary/aromatic N) is 1. The van der Waals surface area contributed by atoms with Crippen molar-refractivity contribution >= 4 is 29.7 Å². The minimum atomic E-state index is -3.26. The standard InChI is InChI=1S/C20H21NO11/c1-9(22)29-8-14-15(30-10(2)23)16(31-11(3)24)17(20(27,28)32-14)21-18(25)12-6-4-5-7-13(12)19(21)26/h4-7,14-17,27-28H,8H2,1-3H3/t14-,15-,16+,17-/m1/s1. The molecule has 12 heteroatoms. The Morgan fingerprint density at radius 2 is 1.44 bits per heavy atom. The third-order valence-electron chi connectivity index (χ3n) is 4.87. The van der Waals surface area contributed by atoms with Crippen molar-refractivity contribution in [3.8, 4) is 0 Å². The number of carbonyl (C=O) groups excluding carboxylic acids is 5. The summed E-state index contributed by atoms with van der Waals surface area (Å²) in [5.74, 6) is -7.60. The summed E-state index contributed by atoms with van der Waals surface area (Å²) in [6.07, 6.45) is -4.83. The van der Waals surface area contributed by atoms with Gasteiger partial charge in [0, 0.05) is 20.8 Å². The lowest BCUT2D eigenvalue weighted by atomic mass is 9.93. The number of carbonyl (C=O) groups is 5. The zero-order chi connectivity index (χ0) is 23.8. The minimum Gasteiger partial charge on any atom is -0.463 e. The molecule has 2 aliphatic rings. The topological polar surface area (TPSA) is 166 Å². The number of rotatable bonds is 5. The summed E-state index contributed by atoms with van der Waals surface area (Å²) >= 11 is 0. The first kappa shape index (κ1) is 23.3. The van der Waals surface area contributed by atoms with Gasteiger partial charge in [-0.1, -0.05) is 12.1 Å². The lowest BCUT2D eigenvalue weighted by Crippen LogP contribution is -2.72. The summed E-state index contributed by atoms with van der Waals surface area (Å²) in [4.78, 5) is 61.2. The summed E-state index contributed by atoms with van der Waals surface area (Å²) in [6, 6.07) is 3.73. The maximum atomic E-state index is 13.0. The molecule has 0 saturated carbocycles. The minimum absolute atomic E-state index is 0.0130. The van der Waals surface area contributed by atoms with E-state index in [0.29, 0.717) is 4.90 Å². The van der Waals surface area contributed by atoms with Gasteiger partial charge in [0.1, 0.15) is 12.7 Å². The first-order valence-electron chi connectivity index (χ1n) is 9.51. The number of amides is 2. The second kappa shape index (κ2) is 8.65. The number of benzene rings is 1. The van der Waals surface area contributed by atoms with Crippen molar-refractivity contribution in [2.24, 2.45) is 0 Å². The third-order valence-corrected chi connectivity index (χ3v) is 4.87. The Labute approximate surface area is 181 Å². The van der Waals surface area contributed by atoms with Gasteiger partial charge in [-0.25, -0.2) is 0 Å². The number of ether oxygens (including phenoxy) is 4. The average molecular weight is 451 g/mol. The highest BCUT2D eigenvalue weighted by Gasteiger charge is 2.62. The van der Waals surface area contributed by atoms with E-state index in [1.165, 1.54) is 24.3 Å². The van der Waals surface area contributed by atoms with E-state index in [4.69, 9.17) is 18.9 Å². The highest BCUT2D eigenvalue weighted by atomic mass is 16.8. The van der Waals surface area contributed by atoms with Gasteiger partial charge in [-0.15, -0.1) is 0 Å². The van der Waals surface area contributed by atoms with E-state index >= 15 is 0 Å². The van der Waals surface area contributed by atoms with E-state index in [1.807, 2.05) is 0 Å². The maximum absolute atomic E-state index is 13.0. The van der Waals surface area contributed by atoms with Crippen molar-refractivity contribution in [1.29, 1.82) is 0 Å². The number of fused-ring (bicyclic) bond motifs is 1. The van der Waals surface area contributed by atoms with Crippen LogP contribution >= 0.6 is 0 Å². The van der Waals surface area contributed by atoms with Crippen LogP contribution in [0.15, 0.2) is 24.3 Å². The molecule has 0 aromatic heterocycles. The van der Waals surface area contributed by atoms with Gasteiger partial charge in [-0.3, -0.25) is 28.9 Å². The molecule has 0 spiro atoms. The van der Waals surface area contributed by atoms with Crippen LogP contribution < -0.4 is 0 Å². The van der Waals surface area contributed by atoms with Crippen molar-refractivity contribution in [2.75, 3.05) is 6.61 Å². The number of hydrogen-bond acceptors (Lipinski definition) is 11. The van der Waals surface area contributed by atoms with Crippen molar-refractivity contribution in [3.05, 3.63) is 35.4 Å². The average Bonchev–Trinajstić information content (AvgIpc) is 2.93. The predicted octanol–water partition coefficient (Wildman–Crippen LogP) is -0.885. The molecule has 4 atom stereocenters. The highest BCUT2D eigenvalue weighted by Crippen LogP contribution is 2.37. The van der Waals surface area contributed by atoms with Gasteiger partial charge < -0.3 is 29.2 Å². The molecular formula is C20H21NO11. The number of esters is 3. The second-order valence-electron chi connectivity index (χ2n) is 7.24. The maximum Gasteiger partial charge on any atom is 0.304 e. The molecule has 0 radical (unpaired) electrons. The molecule has 1 aromatic rings. The number of aliphatic hydroxyl groups is 2. The summed E-state index contributed by atoms with van der Waals surface area (Å²) in [7, 11) is 0. The molecule has 1 aromatic carbocycles. The SMILES string of the molecule is CC(=O)OC[C@H]1OC(O)(O)[C@H](N2C(=O)c3ccccc3C2=O)[C@@H](OC(C)=O)[C@@H]1OC(C)=O. The van der Waals surface area contributed by atoms with E-state index in [2.05, 4.69) is 0 Å². The summed E-state index contributed by atoms with van der Waals surface area (Å²) in [5.41, 5.74) is -0.0260. The first-order chi connectivity index (χ1) is 14.9. The molecule has 32 heavy (non-hydrogen) atoms. The normalized spacial score (nSPS) is 26.3. The molecule has 2 heterocycles. The molecule has 0 bridgehead atoms. The van der Waals surface area contributed by atoms with E-state index in [1.54, 1.807) is 0 Å². The van der Waals surface area contributed by atoms with Crippen LogP contribution in [-0.4, -0.2) is 81.8 Å². The quantitative estimate of drug-likeness (QED) is 0.247. The van der Waals surface area contributed by atoms with Crippen LogP contribution in [0.1, 0.15) is 41.5 Å². The highest BCUT2D eigenvalue weighted by molar-refractivity contribution is 6.21. The Morgan fingerprint density at radius 1 is 0.938 bits per heavy atom. The van der Waals surface area contributed by atoms with Gasteiger partial charge in [-0.05, 0) is 12.1 Å². The fourth-order valence-corrected chi connectivity index (χ4v) is 3.73. The Bertz CT molecular complexity index is 937. The van der Waals surface area contributed by atoms with Gasteiger partial charge in [0.15, 0.2) is 18.2 Å². The van der Waals surface area contributed by atoms with Crippen LogP contribution in [0.3, 0.4) is 0 Å². The van der Waals surface area contributed by atoms with Crippen LogP contribution in [0.25, 0.3) is 0 Å². The Morgan fingerprint density at radius 3 is 1.91 bits per heavy atom. The Balaban J connectivity index is 2.08. The van der Waals surface area contributed by atoms with Gasteiger partial charge in [-0.2, -0.15) is 0 Å². The molecule has 2 aliphatic heterocycles. The summed E-state index contributed by atoms with van der Waals surface area (Å²) in [5, 5.41) is 21.4. The lowest BCUT2D eigenvalue weighted by Gasteiger charge is -2.48. The van der Waals surface area contributed by atoms with Crippen molar-refractivity contribution in [3.63, 3.8) is 0 Å². The van der Waals surface area contributed by atoms with Gasteiger partial charge >= 0.3 is 23.9 Å². The number of imide groups is 1. The predicted molar refractivity (Wildman–Crippen MR) is 101 cm³/mol. The zero-order valence-electron chi connectivity index (χ0n) is 17.3. The van der Waals surface area contributed by atoms with Crippen LogP contribution in [0.4, 0.5) is 0 Å². The Kier molecular flexibility index (Phi) is 6.30. The molecule has 0 unspecified atom stereocenters. The summed E-state index contributed by atoms with van der Waals surface area (Å²) < 4.78 is 20.4. The van der Waals surface area contributed by atoms with E-state index in [0.717, 1.165) is 20.8 Å². The monoisotopic (exact) mass is 451 g/mol. The van der Waals surface area contributed by atoms with Gasteiger partial charge in [0.2, 0.25) is 0 Å². The molecule has 172 valence electrons. The van der Waals surface area contributed by atoms with Crippen molar-refractivity contribution in [1.82, 2.24) is 4.90 Å². The molecule has 0 aliphatic carbocycles. The van der Waals surface area contributed by atoms with Crippen LogP contribution in [0.2, 0.25) is 0 Å². The number of hydrogen-bond donors (Lipinski definition) is 2. The van der Waals surface area contributed by atoms with Crippen LogP contribution in [-0.2, 0) is 33.3 Å². The molecule has 1 fully saturated rings. The van der Waals surface area contributed by atoms with E-state index in [9.17, 15) is 34.2 Å². The second-order valence-corrected chi connectivity index (χ2v) is 7.24. The molecule has 2 N–H and O–H groups in total. The smallest absolute Gasteiger partial charge is 0.304 e. The fraction of sp³-hybridized carbons (Fsp3) is 0.450. The van der Waals surface area contributed by atoms with E-state index in [-0.39, 0.29) is 11.1 Å². The van der Waals surface area contributed by atoms with Crippen molar-refractivity contribution < 1.29 is 53.1 Å². The van der Waals surface area contributed by atoms with Crippen molar-refractivity contribution in [2.45, 2.75) is 51.1 Å². The molecule has 2 amide bonds. The van der Waals surface area contributed by atoms with Crippen LogP contribution in [0.5, 0.6) is 0 Å². The van der Waals surface area contributed by atoms with E-state index < -0.39 is 66.7 Å².